The second kappa shape index (κ2) is 7.39. The minimum Gasteiger partial charge on any atom is -0.0732 e. The number of allylic oxidation sites excluding steroid dienone is 20. The first-order valence-electron chi connectivity index (χ1n) is 11.5. The molecule has 0 amide bonds. The highest BCUT2D eigenvalue weighted by Crippen LogP contribution is 2.48. The molecule has 0 nitrogen and oxygen atoms in total. The van der Waals surface area contributed by atoms with Crippen LogP contribution in [0.15, 0.2) is 117 Å². The van der Waals surface area contributed by atoms with Gasteiger partial charge in [-0.2, -0.15) is 0 Å². The van der Waals surface area contributed by atoms with Gasteiger partial charge in [0.1, 0.15) is 8.07 Å². The van der Waals surface area contributed by atoms with Crippen LogP contribution < -0.4 is 0 Å². The molecule has 0 saturated carbocycles. The Morgan fingerprint density at radius 1 is 0.800 bits per heavy atom. The number of fused-ring (bicyclic) bond motifs is 3. The standard InChI is InChI=1S/C29H32Si/c1-5-10-20(2)27-19-29(25-14-9-8-13-23(25)27)30(3,4)28-18-17-24-22-12-7-6-11-21(22)15-16-26(24)28/h6-9,11-21,23H,5,10H2,1-4H3. The van der Waals surface area contributed by atoms with Gasteiger partial charge in [0.15, 0.2) is 0 Å². The van der Waals surface area contributed by atoms with Crippen LogP contribution in [0.2, 0.25) is 13.1 Å². The summed E-state index contributed by atoms with van der Waals surface area (Å²) in [5.74, 6) is 1.58. The van der Waals surface area contributed by atoms with Crippen molar-refractivity contribution in [2.24, 2.45) is 17.8 Å². The number of hydrogen-bond acceptors (Lipinski definition) is 0. The summed E-state index contributed by atoms with van der Waals surface area (Å²) in [4.78, 5) is 0. The van der Waals surface area contributed by atoms with E-state index in [1.165, 1.54) is 29.6 Å². The van der Waals surface area contributed by atoms with Crippen LogP contribution in [-0.4, -0.2) is 8.07 Å². The van der Waals surface area contributed by atoms with Gasteiger partial charge in [0, 0.05) is 11.8 Å². The zero-order valence-electron chi connectivity index (χ0n) is 18.7. The molecular weight excluding hydrogens is 376 g/mol. The Bertz CT molecular complexity index is 1090. The van der Waals surface area contributed by atoms with Crippen LogP contribution in [0.4, 0.5) is 0 Å². The first kappa shape index (κ1) is 19.6. The molecule has 0 heterocycles. The average molecular weight is 409 g/mol. The summed E-state index contributed by atoms with van der Waals surface area (Å²) >= 11 is 0. The van der Waals surface area contributed by atoms with Crippen LogP contribution >= 0.6 is 0 Å². The molecule has 0 aliphatic heterocycles. The maximum Gasteiger partial charge on any atom is 0.113 e. The van der Waals surface area contributed by atoms with Crippen molar-refractivity contribution < 1.29 is 0 Å². The van der Waals surface area contributed by atoms with E-state index in [1.54, 1.807) is 21.5 Å². The second-order valence-electron chi connectivity index (χ2n) is 9.71. The lowest BCUT2D eigenvalue weighted by molar-refractivity contribution is 0.569. The van der Waals surface area contributed by atoms with Crippen molar-refractivity contribution in [1.82, 2.24) is 0 Å². The van der Waals surface area contributed by atoms with Gasteiger partial charge in [0.05, 0.1) is 0 Å². The molecule has 0 spiro atoms. The summed E-state index contributed by atoms with van der Waals surface area (Å²) in [6.45, 7) is 9.83. The highest BCUT2D eigenvalue weighted by molar-refractivity contribution is 6.92. The van der Waals surface area contributed by atoms with Gasteiger partial charge in [-0.15, -0.1) is 0 Å². The number of rotatable bonds is 5. The topological polar surface area (TPSA) is 0 Å². The quantitative estimate of drug-likeness (QED) is 0.410. The SMILES string of the molecule is CCCC(C)C1=CC([Si](C)(C)C2=C3C=CC4C=CC=CC4=C3C=C2)=C2C=CC=CC12. The van der Waals surface area contributed by atoms with E-state index in [0.29, 0.717) is 17.8 Å². The molecule has 0 bridgehead atoms. The lowest BCUT2D eigenvalue weighted by Gasteiger charge is -2.29. The predicted molar refractivity (Wildman–Crippen MR) is 133 cm³/mol. The Labute approximate surface area is 182 Å². The maximum absolute atomic E-state index is 2.61. The lowest BCUT2D eigenvalue weighted by Crippen LogP contribution is -2.32. The van der Waals surface area contributed by atoms with E-state index >= 15 is 0 Å². The summed E-state index contributed by atoms with van der Waals surface area (Å²) in [5, 5.41) is 3.23. The molecule has 30 heavy (non-hydrogen) atoms. The zero-order valence-corrected chi connectivity index (χ0v) is 19.7. The van der Waals surface area contributed by atoms with Gasteiger partial charge >= 0.3 is 0 Å². The van der Waals surface area contributed by atoms with Gasteiger partial charge in [-0.3, -0.25) is 0 Å². The molecule has 3 unspecified atom stereocenters. The molecule has 152 valence electrons. The molecule has 0 aromatic heterocycles. The van der Waals surface area contributed by atoms with Crippen LogP contribution in [0.5, 0.6) is 0 Å². The first-order chi connectivity index (χ1) is 14.5. The van der Waals surface area contributed by atoms with Crippen molar-refractivity contribution in [1.29, 1.82) is 0 Å². The van der Waals surface area contributed by atoms with Crippen LogP contribution in [0, 0.1) is 17.8 Å². The second-order valence-corrected chi connectivity index (χ2v) is 14.0. The van der Waals surface area contributed by atoms with Gasteiger partial charge in [-0.05, 0) is 39.8 Å². The number of hydrogen-bond donors (Lipinski definition) is 0. The van der Waals surface area contributed by atoms with Gasteiger partial charge in [0.25, 0.3) is 0 Å². The first-order valence-corrected chi connectivity index (χ1v) is 14.5. The Kier molecular flexibility index (Phi) is 4.82. The van der Waals surface area contributed by atoms with Crippen molar-refractivity contribution >= 4 is 8.07 Å². The summed E-state index contributed by atoms with van der Waals surface area (Å²) in [5.41, 5.74) is 7.57. The molecule has 0 aromatic carbocycles. The fourth-order valence-electron chi connectivity index (χ4n) is 5.83. The van der Waals surface area contributed by atoms with E-state index in [9.17, 15) is 0 Å². The minimum atomic E-state index is -1.84. The van der Waals surface area contributed by atoms with E-state index in [4.69, 9.17) is 0 Å². The van der Waals surface area contributed by atoms with E-state index in [0.717, 1.165) is 0 Å². The molecule has 5 aliphatic carbocycles. The molecule has 0 radical (unpaired) electrons. The summed E-state index contributed by atoms with van der Waals surface area (Å²) < 4.78 is 0. The Hall–Kier alpha value is -2.38. The molecule has 5 aliphatic rings. The van der Waals surface area contributed by atoms with Gasteiger partial charge in [-0.25, -0.2) is 0 Å². The molecule has 0 fully saturated rings. The third-order valence-corrected chi connectivity index (χ3v) is 11.0. The van der Waals surface area contributed by atoms with Crippen LogP contribution in [0.25, 0.3) is 0 Å². The smallest absolute Gasteiger partial charge is 0.0732 e. The Morgan fingerprint density at radius 2 is 1.57 bits per heavy atom. The van der Waals surface area contributed by atoms with E-state index < -0.39 is 8.07 Å². The maximum atomic E-state index is 2.61. The minimum absolute atomic E-state index is 0.438. The summed E-state index contributed by atoms with van der Waals surface area (Å²) in [6, 6.07) is 0. The highest BCUT2D eigenvalue weighted by Gasteiger charge is 2.40. The Balaban J connectivity index is 1.60. The van der Waals surface area contributed by atoms with Crippen molar-refractivity contribution in [2.75, 3.05) is 0 Å². The van der Waals surface area contributed by atoms with Gasteiger partial charge in [0.2, 0.25) is 0 Å². The molecule has 3 atom stereocenters. The molecule has 0 N–H and O–H groups in total. The van der Waals surface area contributed by atoms with Crippen LogP contribution in [0.3, 0.4) is 0 Å². The van der Waals surface area contributed by atoms with E-state index in [1.807, 2.05) is 0 Å². The van der Waals surface area contributed by atoms with E-state index in [-0.39, 0.29) is 0 Å². The third-order valence-electron chi connectivity index (χ3n) is 7.49. The monoisotopic (exact) mass is 408 g/mol. The lowest BCUT2D eigenvalue weighted by atomic mass is 9.84. The van der Waals surface area contributed by atoms with Crippen molar-refractivity contribution in [3.63, 3.8) is 0 Å². The fraction of sp³-hybridized carbons (Fsp3) is 0.310. The molecule has 0 aromatic rings. The molecule has 1 heteroatoms. The average Bonchev–Trinajstić information content (AvgIpc) is 3.37. The van der Waals surface area contributed by atoms with Crippen LogP contribution in [0.1, 0.15) is 26.7 Å². The third kappa shape index (κ3) is 2.94. The van der Waals surface area contributed by atoms with Crippen molar-refractivity contribution in [2.45, 2.75) is 39.8 Å². The van der Waals surface area contributed by atoms with Crippen molar-refractivity contribution in [3.05, 3.63) is 117 Å². The predicted octanol–water partition coefficient (Wildman–Crippen LogP) is 7.66. The summed E-state index contributed by atoms with van der Waals surface area (Å²) in [6.07, 6.45) is 33.0. The largest absolute Gasteiger partial charge is 0.113 e. The van der Waals surface area contributed by atoms with Crippen LogP contribution in [-0.2, 0) is 0 Å². The molecular formula is C29H32Si. The highest BCUT2D eigenvalue weighted by atomic mass is 28.3. The van der Waals surface area contributed by atoms with Gasteiger partial charge in [-0.1, -0.05) is 123 Å². The van der Waals surface area contributed by atoms with Crippen molar-refractivity contribution in [3.8, 4) is 0 Å². The zero-order chi connectivity index (χ0) is 20.9. The summed E-state index contributed by atoms with van der Waals surface area (Å²) in [7, 11) is -1.84. The normalized spacial score (nSPS) is 27.1. The molecule has 5 rings (SSSR count). The fourth-order valence-corrected chi connectivity index (χ4v) is 9.00. The van der Waals surface area contributed by atoms with E-state index in [2.05, 4.69) is 106 Å². The van der Waals surface area contributed by atoms with Gasteiger partial charge < -0.3 is 0 Å². The molecule has 0 saturated heterocycles. The Morgan fingerprint density at radius 3 is 2.37 bits per heavy atom.